The van der Waals surface area contributed by atoms with Gasteiger partial charge in [0.05, 0.1) is 11.4 Å². The van der Waals surface area contributed by atoms with Crippen molar-refractivity contribution in [3.63, 3.8) is 0 Å². The van der Waals surface area contributed by atoms with E-state index in [1.54, 1.807) is 0 Å². The lowest BCUT2D eigenvalue weighted by atomic mass is 9.99. The molecule has 0 radical (unpaired) electrons. The van der Waals surface area contributed by atoms with Crippen LogP contribution in [0.3, 0.4) is 0 Å². The van der Waals surface area contributed by atoms with Gasteiger partial charge in [-0.15, -0.1) is 0 Å². The van der Waals surface area contributed by atoms with E-state index in [-0.39, 0.29) is 17.6 Å². The second-order valence-corrected chi connectivity index (χ2v) is 5.91. The average Bonchev–Trinajstić information content (AvgIpc) is 2.69. The van der Waals surface area contributed by atoms with Gasteiger partial charge in [-0.2, -0.15) is 4.99 Å². The molecule has 106 valence electrons. The number of nitrogens with two attached hydrogens (primary N) is 1. The highest BCUT2D eigenvalue weighted by atomic mass is 32.2. The summed E-state index contributed by atoms with van der Waals surface area (Å²) < 4.78 is 0. The number of hydrogen-bond donors (Lipinski definition) is 1. The van der Waals surface area contributed by atoms with Crippen molar-refractivity contribution < 1.29 is 9.59 Å². The number of anilines is 1. The highest BCUT2D eigenvalue weighted by Crippen LogP contribution is 2.34. The molecule has 1 saturated heterocycles. The number of carbonyl (C=O) groups is 2. The van der Waals surface area contributed by atoms with Crippen molar-refractivity contribution in [2.75, 3.05) is 10.7 Å². The molecule has 20 heavy (non-hydrogen) atoms. The van der Waals surface area contributed by atoms with Gasteiger partial charge in [0.15, 0.2) is 5.17 Å². The summed E-state index contributed by atoms with van der Waals surface area (Å²) >= 11 is 1.23. The summed E-state index contributed by atoms with van der Waals surface area (Å²) in [6.07, 6.45) is 0. The first-order valence-corrected chi connectivity index (χ1v) is 7.33. The van der Waals surface area contributed by atoms with Crippen molar-refractivity contribution in [2.45, 2.75) is 26.7 Å². The molecule has 2 rings (SSSR count). The largest absolute Gasteiger partial charge is 0.350 e. The van der Waals surface area contributed by atoms with Gasteiger partial charge in [0, 0.05) is 0 Å². The molecule has 1 heterocycles. The molecule has 1 aliphatic heterocycles. The van der Waals surface area contributed by atoms with Crippen molar-refractivity contribution in [1.82, 2.24) is 0 Å². The number of benzene rings is 1. The maximum absolute atomic E-state index is 12.1. The highest BCUT2D eigenvalue weighted by Gasteiger charge is 2.32. The van der Waals surface area contributed by atoms with E-state index >= 15 is 0 Å². The number of aliphatic imine (C=N–C) groups is 1. The minimum atomic E-state index is -0.786. The fourth-order valence-corrected chi connectivity index (χ4v) is 2.98. The lowest BCUT2D eigenvalue weighted by molar-refractivity contribution is -0.115. The number of thioether (sulfide) groups is 1. The Balaban J connectivity index is 2.55. The number of carbonyl (C=O) groups excluding carboxylic acids is 2. The number of rotatable bonds is 2. The van der Waals surface area contributed by atoms with E-state index in [1.165, 1.54) is 16.7 Å². The third-order valence-corrected chi connectivity index (χ3v) is 3.94. The van der Waals surface area contributed by atoms with Gasteiger partial charge in [-0.3, -0.25) is 9.69 Å². The van der Waals surface area contributed by atoms with Gasteiger partial charge in [-0.05, 0) is 30.0 Å². The molecule has 2 N–H and O–H groups in total. The van der Waals surface area contributed by atoms with E-state index in [0.717, 1.165) is 16.8 Å². The molecule has 5 nitrogen and oxygen atoms in total. The van der Waals surface area contributed by atoms with E-state index in [0.29, 0.717) is 5.17 Å². The predicted octanol–water partition coefficient (Wildman–Crippen LogP) is 2.63. The number of amidine groups is 1. The third kappa shape index (κ3) is 2.85. The molecular weight excluding hydrogens is 274 g/mol. The fourth-order valence-electron chi connectivity index (χ4n) is 2.11. The number of amides is 3. The van der Waals surface area contributed by atoms with Gasteiger partial charge in [-0.1, -0.05) is 37.7 Å². The summed E-state index contributed by atoms with van der Waals surface area (Å²) in [6, 6.07) is 5.17. The molecule has 1 aromatic rings. The summed E-state index contributed by atoms with van der Waals surface area (Å²) in [5.74, 6) is 0.457. The van der Waals surface area contributed by atoms with Crippen LogP contribution in [0.1, 0.15) is 30.9 Å². The van der Waals surface area contributed by atoms with Gasteiger partial charge in [0.2, 0.25) is 5.91 Å². The zero-order valence-electron chi connectivity index (χ0n) is 11.7. The van der Waals surface area contributed by atoms with Crippen LogP contribution < -0.4 is 10.6 Å². The Hall–Kier alpha value is -1.82. The number of urea groups is 1. The summed E-state index contributed by atoms with van der Waals surface area (Å²) in [6.45, 7) is 6.09. The topological polar surface area (TPSA) is 75.8 Å². The molecule has 0 unspecified atom stereocenters. The normalized spacial score (nSPS) is 17.3. The second kappa shape index (κ2) is 5.66. The van der Waals surface area contributed by atoms with Crippen LogP contribution in [0, 0.1) is 6.92 Å². The standard InChI is InChI=1S/C14H17N3O2S/c1-8(2)10-5-4-9(3)6-11(10)17-12(18)7-20-14(17)16-13(15)19/h4-6,8H,7H2,1-3H3,(H2,15,19). The smallest absolute Gasteiger partial charge is 0.340 e. The second-order valence-electron chi connectivity index (χ2n) is 4.97. The first-order chi connectivity index (χ1) is 9.40. The van der Waals surface area contributed by atoms with Crippen molar-refractivity contribution >= 4 is 34.6 Å². The van der Waals surface area contributed by atoms with Crippen molar-refractivity contribution in [2.24, 2.45) is 10.7 Å². The zero-order valence-corrected chi connectivity index (χ0v) is 12.5. The van der Waals surface area contributed by atoms with Crippen LogP contribution in [0.2, 0.25) is 0 Å². The van der Waals surface area contributed by atoms with Crippen molar-refractivity contribution in [1.29, 1.82) is 0 Å². The van der Waals surface area contributed by atoms with Crippen LogP contribution in [-0.4, -0.2) is 22.9 Å². The van der Waals surface area contributed by atoms with Gasteiger partial charge < -0.3 is 5.73 Å². The molecule has 1 aromatic carbocycles. The lowest BCUT2D eigenvalue weighted by Crippen LogP contribution is -2.31. The van der Waals surface area contributed by atoms with E-state index < -0.39 is 6.03 Å². The fraction of sp³-hybridized carbons (Fsp3) is 0.357. The van der Waals surface area contributed by atoms with E-state index in [9.17, 15) is 9.59 Å². The lowest BCUT2D eigenvalue weighted by Gasteiger charge is -2.22. The van der Waals surface area contributed by atoms with Crippen molar-refractivity contribution in [3.05, 3.63) is 29.3 Å². The van der Waals surface area contributed by atoms with Gasteiger partial charge in [0.25, 0.3) is 0 Å². The molecule has 0 aromatic heterocycles. The first-order valence-electron chi connectivity index (χ1n) is 6.34. The Morgan fingerprint density at radius 2 is 2.15 bits per heavy atom. The molecule has 0 spiro atoms. The maximum atomic E-state index is 12.1. The van der Waals surface area contributed by atoms with Crippen LogP contribution in [0.4, 0.5) is 10.5 Å². The molecule has 1 aliphatic rings. The molecule has 0 aliphatic carbocycles. The minimum absolute atomic E-state index is 0.0810. The summed E-state index contributed by atoms with van der Waals surface area (Å²) in [5, 5.41) is 0.356. The van der Waals surface area contributed by atoms with E-state index in [4.69, 9.17) is 5.73 Å². The minimum Gasteiger partial charge on any atom is -0.350 e. The van der Waals surface area contributed by atoms with Crippen LogP contribution in [0.15, 0.2) is 23.2 Å². The Bertz CT molecular complexity index is 596. The van der Waals surface area contributed by atoms with Crippen LogP contribution in [0.25, 0.3) is 0 Å². The number of nitrogens with zero attached hydrogens (tertiary/aromatic N) is 2. The molecule has 6 heteroatoms. The predicted molar refractivity (Wildman–Crippen MR) is 82.2 cm³/mol. The number of aryl methyl sites for hydroxylation is 1. The van der Waals surface area contributed by atoms with Crippen LogP contribution >= 0.6 is 11.8 Å². The highest BCUT2D eigenvalue weighted by molar-refractivity contribution is 8.15. The molecule has 3 amide bonds. The zero-order chi connectivity index (χ0) is 14.9. The Morgan fingerprint density at radius 3 is 2.75 bits per heavy atom. The van der Waals surface area contributed by atoms with Crippen LogP contribution in [0.5, 0.6) is 0 Å². The molecule has 0 atom stereocenters. The molecule has 0 bridgehead atoms. The average molecular weight is 291 g/mol. The Morgan fingerprint density at radius 1 is 1.45 bits per heavy atom. The molecular formula is C14H17N3O2S. The SMILES string of the molecule is Cc1ccc(C(C)C)c(N2C(=O)CSC2=NC(N)=O)c1. The summed E-state index contributed by atoms with van der Waals surface area (Å²) in [4.78, 5) is 28.4. The van der Waals surface area contributed by atoms with Gasteiger partial charge in [-0.25, -0.2) is 4.79 Å². The monoisotopic (exact) mass is 291 g/mol. The van der Waals surface area contributed by atoms with Crippen molar-refractivity contribution in [3.8, 4) is 0 Å². The van der Waals surface area contributed by atoms with Gasteiger partial charge >= 0.3 is 6.03 Å². The number of primary amides is 1. The summed E-state index contributed by atoms with van der Waals surface area (Å²) in [5.41, 5.74) is 7.99. The first kappa shape index (κ1) is 14.6. The van der Waals surface area contributed by atoms with Gasteiger partial charge in [0.1, 0.15) is 0 Å². The van der Waals surface area contributed by atoms with E-state index in [1.807, 2.05) is 25.1 Å². The summed E-state index contributed by atoms with van der Waals surface area (Å²) in [7, 11) is 0. The quantitative estimate of drug-likeness (QED) is 0.910. The third-order valence-electron chi connectivity index (χ3n) is 3.02. The Labute approximate surface area is 122 Å². The molecule has 0 saturated carbocycles. The molecule has 1 fully saturated rings. The Kier molecular flexibility index (Phi) is 4.13. The number of hydrogen-bond acceptors (Lipinski definition) is 3. The van der Waals surface area contributed by atoms with Crippen LogP contribution in [-0.2, 0) is 4.79 Å². The van der Waals surface area contributed by atoms with E-state index in [2.05, 4.69) is 18.8 Å². The maximum Gasteiger partial charge on any atom is 0.340 e.